The number of H-pyrrole nitrogens is 1. The number of aryl methyl sites for hydroxylation is 1. The van der Waals surface area contributed by atoms with Crippen molar-refractivity contribution in [3.63, 3.8) is 0 Å². The zero-order valence-electron chi connectivity index (χ0n) is 10.7. The van der Waals surface area contributed by atoms with Crippen LogP contribution in [0, 0.1) is 6.92 Å². The van der Waals surface area contributed by atoms with Gasteiger partial charge in [-0.3, -0.25) is 10.1 Å². The molecular weight excluding hydrogens is 224 g/mol. The number of pyridine rings is 1. The first-order valence-corrected chi connectivity index (χ1v) is 6.68. The maximum atomic E-state index is 4.63. The van der Waals surface area contributed by atoms with Gasteiger partial charge >= 0.3 is 0 Å². The van der Waals surface area contributed by atoms with Crippen LogP contribution in [0.25, 0.3) is 11.4 Å². The van der Waals surface area contributed by atoms with E-state index in [0.29, 0.717) is 5.92 Å². The molecule has 4 heteroatoms. The molecule has 0 radical (unpaired) electrons. The van der Waals surface area contributed by atoms with E-state index in [4.69, 9.17) is 0 Å². The lowest BCUT2D eigenvalue weighted by Crippen LogP contribution is -2.06. The van der Waals surface area contributed by atoms with Crippen LogP contribution in [0.15, 0.2) is 18.3 Å². The third kappa shape index (κ3) is 2.28. The monoisotopic (exact) mass is 242 g/mol. The molecule has 94 valence electrons. The summed E-state index contributed by atoms with van der Waals surface area (Å²) in [6.07, 6.45) is 8.30. The van der Waals surface area contributed by atoms with Gasteiger partial charge in [-0.1, -0.05) is 19.3 Å². The number of aromatic amines is 1. The lowest BCUT2D eigenvalue weighted by Gasteiger charge is -2.18. The highest BCUT2D eigenvalue weighted by atomic mass is 15.2. The van der Waals surface area contributed by atoms with E-state index < -0.39 is 0 Å². The smallest absolute Gasteiger partial charge is 0.182 e. The summed E-state index contributed by atoms with van der Waals surface area (Å²) in [5, 5.41) is 7.41. The fourth-order valence-electron chi connectivity index (χ4n) is 2.56. The molecule has 1 aliphatic rings. The van der Waals surface area contributed by atoms with Gasteiger partial charge in [0.25, 0.3) is 0 Å². The number of aromatic nitrogens is 4. The predicted octanol–water partition coefficient (Wildman–Crippen LogP) is 3.22. The summed E-state index contributed by atoms with van der Waals surface area (Å²) in [6, 6.07) is 4.02. The van der Waals surface area contributed by atoms with Gasteiger partial charge in [0.2, 0.25) is 0 Å². The van der Waals surface area contributed by atoms with E-state index >= 15 is 0 Å². The Morgan fingerprint density at radius 3 is 2.72 bits per heavy atom. The molecular formula is C14H18N4. The summed E-state index contributed by atoms with van der Waals surface area (Å²) in [5.41, 5.74) is 2.00. The number of hydrogen-bond donors (Lipinski definition) is 1. The SMILES string of the molecule is Cc1ccc(-c2n[nH]c(C3CCCCC3)n2)cn1. The zero-order chi connectivity index (χ0) is 12.4. The molecule has 0 bridgehead atoms. The molecule has 1 fully saturated rings. The van der Waals surface area contributed by atoms with Crippen LogP contribution in [-0.4, -0.2) is 20.2 Å². The minimum absolute atomic E-state index is 0.568. The molecule has 1 N–H and O–H groups in total. The second-order valence-electron chi connectivity index (χ2n) is 5.07. The van der Waals surface area contributed by atoms with Crippen molar-refractivity contribution in [1.82, 2.24) is 20.2 Å². The van der Waals surface area contributed by atoms with Crippen molar-refractivity contribution in [1.29, 1.82) is 0 Å². The second kappa shape index (κ2) is 4.88. The Morgan fingerprint density at radius 1 is 1.17 bits per heavy atom. The van der Waals surface area contributed by atoms with Gasteiger partial charge in [-0.15, -0.1) is 0 Å². The van der Waals surface area contributed by atoms with Gasteiger partial charge in [-0.05, 0) is 31.9 Å². The Labute approximate surface area is 107 Å². The largest absolute Gasteiger partial charge is 0.262 e. The van der Waals surface area contributed by atoms with Crippen LogP contribution in [0.1, 0.15) is 49.5 Å². The normalized spacial score (nSPS) is 16.9. The van der Waals surface area contributed by atoms with Crippen LogP contribution < -0.4 is 0 Å². The van der Waals surface area contributed by atoms with E-state index in [1.54, 1.807) is 0 Å². The average molecular weight is 242 g/mol. The summed E-state index contributed by atoms with van der Waals surface area (Å²) in [6.45, 7) is 1.98. The minimum atomic E-state index is 0.568. The summed E-state index contributed by atoms with van der Waals surface area (Å²) in [4.78, 5) is 8.91. The third-order valence-corrected chi connectivity index (χ3v) is 3.66. The van der Waals surface area contributed by atoms with E-state index in [0.717, 1.165) is 22.9 Å². The Hall–Kier alpha value is -1.71. The van der Waals surface area contributed by atoms with Crippen molar-refractivity contribution in [3.05, 3.63) is 29.8 Å². The lowest BCUT2D eigenvalue weighted by atomic mass is 9.89. The van der Waals surface area contributed by atoms with E-state index in [2.05, 4.69) is 20.2 Å². The molecule has 0 aromatic carbocycles. The first kappa shape index (κ1) is 11.4. The molecule has 0 amide bonds. The van der Waals surface area contributed by atoms with Gasteiger partial charge in [0.1, 0.15) is 5.82 Å². The molecule has 1 aliphatic carbocycles. The molecule has 1 saturated carbocycles. The Morgan fingerprint density at radius 2 is 2.00 bits per heavy atom. The molecule has 2 aromatic rings. The van der Waals surface area contributed by atoms with Crippen molar-refractivity contribution >= 4 is 0 Å². The predicted molar refractivity (Wildman–Crippen MR) is 70.2 cm³/mol. The molecule has 2 heterocycles. The Kier molecular flexibility index (Phi) is 3.09. The fourth-order valence-corrected chi connectivity index (χ4v) is 2.56. The number of nitrogens with zero attached hydrogens (tertiary/aromatic N) is 3. The van der Waals surface area contributed by atoms with Gasteiger partial charge < -0.3 is 0 Å². The zero-order valence-corrected chi connectivity index (χ0v) is 10.7. The lowest BCUT2D eigenvalue weighted by molar-refractivity contribution is 0.429. The quantitative estimate of drug-likeness (QED) is 0.879. The Bertz CT molecular complexity index is 509. The van der Waals surface area contributed by atoms with Crippen molar-refractivity contribution in [3.8, 4) is 11.4 Å². The number of hydrogen-bond acceptors (Lipinski definition) is 3. The highest BCUT2D eigenvalue weighted by Crippen LogP contribution is 2.31. The van der Waals surface area contributed by atoms with Crippen LogP contribution in [0.5, 0.6) is 0 Å². The van der Waals surface area contributed by atoms with Crippen LogP contribution in [0.4, 0.5) is 0 Å². The molecule has 4 nitrogen and oxygen atoms in total. The van der Waals surface area contributed by atoms with Crippen LogP contribution in [0.3, 0.4) is 0 Å². The number of rotatable bonds is 2. The van der Waals surface area contributed by atoms with Crippen LogP contribution in [0.2, 0.25) is 0 Å². The highest BCUT2D eigenvalue weighted by molar-refractivity contribution is 5.52. The van der Waals surface area contributed by atoms with E-state index in [-0.39, 0.29) is 0 Å². The molecule has 3 rings (SSSR count). The van der Waals surface area contributed by atoms with Gasteiger partial charge in [0.15, 0.2) is 5.82 Å². The maximum Gasteiger partial charge on any atom is 0.182 e. The highest BCUT2D eigenvalue weighted by Gasteiger charge is 2.19. The summed E-state index contributed by atoms with van der Waals surface area (Å²) in [5.74, 6) is 2.38. The van der Waals surface area contributed by atoms with Gasteiger partial charge in [0, 0.05) is 23.4 Å². The molecule has 0 aliphatic heterocycles. The fraction of sp³-hybridized carbons (Fsp3) is 0.500. The molecule has 0 saturated heterocycles. The first-order valence-electron chi connectivity index (χ1n) is 6.68. The molecule has 0 atom stereocenters. The molecule has 0 spiro atoms. The summed E-state index contributed by atoms with van der Waals surface area (Å²) < 4.78 is 0. The van der Waals surface area contributed by atoms with Crippen molar-refractivity contribution in [2.75, 3.05) is 0 Å². The molecule has 2 aromatic heterocycles. The van der Waals surface area contributed by atoms with E-state index in [1.165, 1.54) is 32.1 Å². The topological polar surface area (TPSA) is 54.5 Å². The standard InChI is InChI=1S/C14H18N4/c1-10-7-8-12(9-15-10)14-16-13(17-18-14)11-5-3-2-4-6-11/h7-9,11H,2-6H2,1H3,(H,16,17,18). The van der Waals surface area contributed by atoms with Gasteiger partial charge in [-0.2, -0.15) is 5.10 Å². The molecule has 0 unspecified atom stereocenters. The second-order valence-corrected chi connectivity index (χ2v) is 5.07. The number of nitrogens with one attached hydrogen (secondary N) is 1. The van der Waals surface area contributed by atoms with Crippen molar-refractivity contribution < 1.29 is 0 Å². The van der Waals surface area contributed by atoms with Crippen LogP contribution in [-0.2, 0) is 0 Å². The Balaban J connectivity index is 1.82. The summed E-state index contributed by atoms with van der Waals surface area (Å²) >= 11 is 0. The third-order valence-electron chi connectivity index (χ3n) is 3.66. The molecule has 18 heavy (non-hydrogen) atoms. The first-order chi connectivity index (χ1) is 8.83. The maximum absolute atomic E-state index is 4.63. The van der Waals surface area contributed by atoms with Gasteiger partial charge in [-0.25, -0.2) is 4.98 Å². The van der Waals surface area contributed by atoms with Crippen molar-refractivity contribution in [2.45, 2.75) is 44.9 Å². The van der Waals surface area contributed by atoms with Crippen molar-refractivity contribution in [2.24, 2.45) is 0 Å². The minimum Gasteiger partial charge on any atom is -0.262 e. The average Bonchev–Trinajstić information content (AvgIpc) is 2.90. The van der Waals surface area contributed by atoms with Gasteiger partial charge in [0.05, 0.1) is 0 Å². The summed E-state index contributed by atoms with van der Waals surface area (Å²) in [7, 11) is 0. The van der Waals surface area contributed by atoms with Crippen LogP contribution >= 0.6 is 0 Å². The van der Waals surface area contributed by atoms with E-state index in [1.807, 2.05) is 25.3 Å². The van der Waals surface area contributed by atoms with E-state index in [9.17, 15) is 0 Å².